The number of hydrazone groups is 1. The molecule has 0 spiro atoms. The molecule has 0 saturated carbocycles. The van der Waals surface area contributed by atoms with Crippen molar-refractivity contribution in [1.82, 2.24) is 29.5 Å². The van der Waals surface area contributed by atoms with Gasteiger partial charge in [-0.1, -0.05) is 31.7 Å². The summed E-state index contributed by atoms with van der Waals surface area (Å²) in [5.41, 5.74) is 3.93. The van der Waals surface area contributed by atoms with Crippen molar-refractivity contribution in [3.63, 3.8) is 0 Å². The molecule has 2 aliphatic heterocycles. The van der Waals surface area contributed by atoms with Gasteiger partial charge >= 0.3 is 0 Å². The summed E-state index contributed by atoms with van der Waals surface area (Å²) in [4.78, 5) is 6.87. The lowest BCUT2D eigenvalue weighted by Crippen LogP contribution is -2.35. The van der Waals surface area contributed by atoms with E-state index < -0.39 is 0 Å². The van der Waals surface area contributed by atoms with Crippen molar-refractivity contribution in [3.05, 3.63) is 78.3 Å². The average molecular weight is 442 g/mol. The first-order valence-corrected chi connectivity index (χ1v) is 11.1. The van der Waals surface area contributed by atoms with E-state index in [2.05, 4.69) is 66.6 Å². The summed E-state index contributed by atoms with van der Waals surface area (Å²) in [6.45, 7) is 9.23. The van der Waals surface area contributed by atoms with Gasteiger partial charge in [-0.2, -0.15) is 10.2 Å². The zero-order chi connectivity index (χ0) is 22.8. The van der Waals surface area contributed by atoms with Crippen molar-refractivity contribution < 1.29 is 0 Å². The highest BCUT2D eigenvalue weighted by atomic mass is 15.4. The van der Waals surface area contributed by atoms with Crippen molar-refractivity contribution in [1.29, 1.82) is 0 Å². The molecule has 3 aromatic heterocycles. The van der Waals surface area contributed by atoms with Gasteiger partial charge < -0.3 is 9.47 Å². The first-order chi connectivity index (χ1) is 16.1. The summed E-state index contributed by atoms with van der Waals surface area (Å²) >= 11 is 0. The second-order valence-electron chi connectivity index (χ2n) is 8.13. The van der Waals surface area contributed by atoms with Crippen LogP contribution in [-0.2, 0) is 26.6 Å². The van der Waals surface area contributed by atoms with Crippen LogP contribution in [0.4, 0.5) is 11.5 Å². The number of aromatic nitrogens is 6. The predicted octanol–water partition coefficient (Wildman–Crippen LogP) is 2.99. The Morgan fingerprint density at radius 1 is 1.15 bits per heavy atom. The number of aryl methyl sites for hydroxylation is 2. The van der Waals surface area contributed by atoms with E-state index >= 15 is 0 Å². The number of allylic oxidation sites excluding steroid dienone is 4. The fourth-order valence-electron chi connectivity index (χ4n) is 4.06. The Hall–Kier alpha value is -4.01. The highest BCUT2D eigenvalue weighted by molar-refractivity contribution is 5.85. The van der Waals surface area contributed by atoms with Crippen molar-refractivity contribution in [2.45, 2.75) is 26.4 Å². The summed E-state index contributed by atoms with van der Waals surface area (Å²) in [5, 5.41) is 19.6. The van der Waals surface area contributed by atoms with Crippen LogP contribution in [0.2, 0.25) is 0 Å². The van der Waals surface area contributed by atoms with Gasteiger partial charge in [-0.3, -0.25) is 9.69 Å². The summed E-state index contributed by atoms with van der Waals surface area (Å²) < 4.78 is 4.02. The Balaban J connectivity index is 1.41. The molecule has 33 heavy (non-hydrogen) atoms. The van der Waals surface area contributed by atoms with Gasteiger partial charge in [0.1, 0.15) is 11.6 Å². The Kier molecular flexibility index (Phi) is 5.60. The van der Waals surface area contributed by atoms with E-state index in [1.165, 1.54) is 0 Å². The van der Waals surface area contributed by atoms with Gasteiger partial charge in [0.25, 0.3) is 0 Å². The first-order valence-electron chi connectivity index (χ1n) is 11.1. The molecular weight excluding hydrogens is 414 g/mol. The molecule has 0 atom stereocenters. The van der Waals surface area contributed by atoms with E-state index in [-0.39, 0.29) is 0 Å². The summed E-state index contributed by atoms with van der Waals surface area (Å²) in [7, 11) is 1.92. The molecule has 168 valence electrons. The molecule has 0 saturated heterocycles. The van der Waals surface area contributed by atoms with Crippen molar-refractivity contribution in [3.8, 4) is 0 Å². The van der Waals surface area contributed by atoms with Crippen LogP contribution in [-0.4, -0.2) is 48.8 Å². The largest absolute Gasteiger partial charge is 0.347 e. The van der Waals surface area contributed by atoms with Crippen LogP contribution in [0.1, 0.15) is 24.1 Å². The van der Waals surface area contributed by atoms with Crippen LogP contribution < -0.4 is 9.91 Å². The van der Waals surface area contributed by atoms with Gasteiger partial charge in [0, 0.05) is 50.6 Å². The number of fused-ring (bicyclic) bond motifs is 1. The lowest BCUT2D eigenvalue weighted by atomic mass is 10.1. The van der Waals surface area contributed by atoms with Crippen LogP contribution in [0.5, 0.6) is 0 Å². The van der Waals surface area contributed by atoms with Crippen molar-refractivity contribution in [2.75, 3.05) is 23.0 Å². The lowest BCUT2D eigenvalue weighted by Gasteiger charge is -2.29. The van der Waals surface area contributed by atoms with E-state index in [9.17, 15) is 0 Å². The molecule has 0 aromatic carbocycles. The second kappa shape index (κ2) is 8.85. The number of hydrogen-bond donors (Lipinski definition) is 0. The molecule has 0 bridgehead atoms. The third-order valence-electron chi connectivity index (χ3n) is 5.86. The molecule has 0 aliphatic carbocycles. The maximum absolute atomic E-state index is 4.68. The van der Waals surface area contributed by atoms with Gasteiger partial charge in [-0.15, -0.1) is 10.2 Å². The third-order valence-corrected chi connectivity index (χ3v) is 5.86. The fourth-order valence-corrected chi connectivity index (χ4v) is 4.06. The van der Waals surface area contributed by atoms with Crippen LogP contribution in [0.3, 0.4) is 0 Å². The van der Waals surface area contributed by atoms with Gasteiger partial charge in [0.15, 0.2) is 5.82 Å². The van der Waals surface area contributed by atoms with Crippen LogP contribution in [0.15, 0.2) is 66.2 Å². The summed E-state index contributed by atoms with van der Waals surface area (Å²) in [6, 6.07) is 4.06. The Morgan fingerprint density at radius 3 is 2.88 bits per heavy atom. The van der Waals surface area contributed by atoms with E-state index in [1.807, 2.05) is 42.8 Å². The minimum absolute atomic E-state index is 0.607. The number of pyridine rings is 1. The Labute approximate surface area is 193 Å². The number of nitrogens with zero attached hydrogens (tertiary/aromatic N) is 9. The van der Waals surface area contributed by atoms with Gasteiger partial charge in [0.2, 0.25) is 0 Å². The molecule has 0 radical (unpaired) electrons. The van der Waals surface area contributed by atoms with Gasteiger partial charge in [0.05, 0.1) is 31.2 Å². The monoisotopic (exact) mass is 441 g/mol. The maximum atomic E-state index is 4.68. The van der Waals surface area contributed by atoms with Crippen molar-refractivity contribution in [2.24, 2.45) is 12.1 Å². The molecule has 0 N–H and O–H groups in total. The van der Waals surface area contributed by atoms with E-state index in [4.69, 9.17) is 0 Å². The van der Waals surface area contributed by atoms with Gasteiger partial charge in [-0.05, 0) is 17.2 Å². The van der Waals surface area contributed by atoms with Crippen LogP contribution in [0.25, 0.3) is 5.57 Å². The fraction of sp³-hybridized carbons (Fsp3) is 0.292. The number of rotatable bonds is 4. The second-order valence-corrected chi connectivity index (χ2v) is 8.13. The predicted molar refractivity (Wildman–Crippen MR) is 130 cm³/mol. The minimum atomic E-state index is 0.607. The minimum Gasteiger partial charge on any atom is -0.347 e. The summed E-state index contributed by atoms with van der Waals surface area (Å²) in [5.74, 6) is 2.93. The maximum Gasteiger partial charge on any atom is 0.152 e. The normalized spacial score (nSPS) is 19.8. The van der Waals surface area contributed by atoms with Crippen LogP contribution >= 0.6 is 0 Å². The Bertz CT molecular complexity index is 1260. The number of anilines is 2. The molecule has 0 fully saturated rings. The Morgan fingerprint density at radius 2 is 2.06 bits per heavy atom. The quantitative estimate of drug-likeness (QED) is 0.619. The zero-order valence-electron chi connectivity index (χ0n) is 19.0. The summed E-state index contributed by atoms with van der Waals surface area (Å²) in [6.07, 6.45) is 14.6. The van der Waals surface area contributed by atoms with Crippen molar-refractivity contribution >= 4 is 23.3 Å². The highest BCUT2D eigenvalue weighted by Crippen LogP contribution is 2.25. The van der Waals surface area contributed by atoms with Gasteiger partial charge in [-0.25, -0.2) is 4.98 Å². The molecule has 5 rings (SSSR count). The standard InChI is InChI=1S/C24H27N9/c1-4-22-28-29-24-17-31(11-12-32(22)24)23-13-21(7-9-25-23)33-10-8-19(6-5-18(2)14-27-33)20-15-26-30(3)16-20/h5-9,13-16H,2,4,10-12,17H2,1,3H3/b6-5-,19-8+,27-14-. The SMILES string of the molecule is C=C1/C=C\C(c2cnn(C)c2)=C/CN(c2ccnc(N3CCn4c(CC)nnc4C3)c2)/N=C\1. The lowest BCUT2D eigenvalue weighted by molar-refractivity contribution is 0.541. The van der Waals surface area contributed by atoms with E-state index in [0.717, 1.165) is 59.4 Å². The number of hydrogen-bond acceptors (Lipinski definition) is 7. The third kappa shape index (κ3) is 4.34. The van der Waals surface area contributed by atoms with E-state index in [0.29, 0.717) is 13.1 Å². The topological polar surface area (TPSA) is 80.3 Å². The molecule has 0 amide bonds. The zero-order valence-corrected chi connectivity index (χ0v) is 19.0. The highest BCUT2D eigenvalue weighted by Gasteiger charge is 2.22. The molecule has 0 unspecified atom stereocenters. The molecule has 2 aliphatic rings. The molecule has 9 heteroatoms. The van der Waals surface area contributed by atoms with Crippen LogP contribution in [0, 0.1) is 0 Å². The smallest absolute Gasteiger partial charge is 0.152 e. The molecular formula is C24H27N9. The molecule has 9 nitrogen and oxygen atoms in total. The average Bonchev–Trinajstić information content (AvgIpc) is 3.47. The first kappa shape index (κ1) is 20.9. The molecule has 5 heterocycles. The van der Waals surface area contributed by atoms with E-state index in [1.54, 1.807) is 10.9 Å². The molecule has 3 aromatic rings.